The highest BCUT2D eigenvalue weighted by Crippen LogP contribution is 2.25. The van der Waals surface area contributed by atoms with Gasteiger partial charge < -0.3 is 5.32 Å². The number of aromatic amines is 1. The molecule has 0 fully saturated rings. The number of carbonyl (C=O) groups is 1. The van der Waals surface area contributed by atoms with Gasteiger partial charge in [0.2, 0.25) is 5.91 Å². The van der Waals surface area contributed by atoms with E-state index in [0.717, 1.165) is 16.3 Å². The first kappa shape index (κ1) is 19.2. The van der Waals surface area contributed by atoms with Crippen LogP contribution in [-0.4, -0.2) is 11.7 Å². The second-order valence-corrected chi connectivity index (χ2v) is 7.19. The Labute approximate surface area is 167 Å². The number of anilines is 1. The Hall–Kier alpha value is -3.55. The van der Waals surface area contributed by atoms with Gasteiger partial charge in [0.25, 0.3) is 5.82 Å². The van der Waals surface area contributed by atoms with Crippen molar-refractivity contribution in [2.24, 2.45) is 0 Å². The number of benzene rings is 2. The molecular formula is C21H18N5OS+. The number of hydrogen-bond donors (Lipinski definition) is 2. The fraction of sp³-hybridized carbons (Fsp3) is 0.143. The Kier molecular flexibility index (Phi) is 5.78. The fourth-order valence-corrected chi connectivity index (χ4v) is 3.76. The number of carbonyl (C=O) groups excluding carboxylic acids is 1. The minimum Gasteiger partial charge on any atom is -0.349 e. The zero-order valence-electron chi connectivity index (χ0n) is 15.2. The van der Waals surface area contributed by atoms with E-state index >= 15 is 0 Å². The maximum atomic E-state index is 12.4. The summed E-state index contributed by atoms with van der Waals surface area (Å²) in [4.78, 5) is 15.3. The summed E-state index contributed by atoms with van der Waals surface area (Å²) in [6.45, 7) is 1.94. The van der Waals surface area contributed by atoms with Crippen LogP contribution in [0.5, 0.6) is 0 Å². The van der Waals surface area contributed by atoms with Crippen LogP contribution in [0.25, 0.3) is 10.8 Å². The summed E-state index contributed by atoms with van der Waals surface area (Å²) in [5.74, 6) is 0.130. The van der Waals surface area contributed by atoms with E-state index in [-0.39, 0.29) is 34.6 Å². The van der Waals surface area contributed by atoms with Crippen LogP contribution >= 0.6 is 11.8 Å². The van der Waals surface area contributed by atoms with E-state index in [9.17, 15) is 10.1 Å². The number of nitrogens with one attached hydrogen (secondary N) is 2. The molecule has 0 aliphatic rings. The van der Waals surface area contributed by atoms with Gasteiger partial charge in [-0.05, 0) is 29.3 Å². The number of nitrogens with zero attached hydrogens (tertiary/aromatic N) is 2. The lowest BCUT2D eigenvalue weighted by Crippen LogP contribution is -2.29. The third-order valence-electron chi connectivity index (χ3n) is 4.33. The number of aromatic nitrogens is 1. The smallest absolute Gasteiger partial charge is 0.289 e. The minimum atomic E-state index is -0.162. The van der Waals surface area contributed by atoms with Gasteiger partial charge in [0, 0.05) is 0 Å². The molecule has 1 aromatic heterocycles. The standard InChI is InChI=1S/C21H17N5OS/c1-13(17-8-4-6-14-5-2-3-7-18(14)17)25-19(27)12-28-21-16(11-23)9-15(10-22)20(24)26-21/h2-9,13H,12H2,1H3,(H2,24,26)(H,25,27)/p+1/t13-/m0/s1. The number of nitriles is 2. The lowest BCUT2D eigenvalue weighted by Gasteiger charge is -2.16. The van der Waals surface area contributed by atoms with Gasteiger partial charge in [0.15, 0.2) is 5.03 Å². The molecule has 0 saturated heterocycles. The van der Waals surface area contributed by atoms with Gasteiger partial charge in [0.1, 0.15) is 23.3 Å². The monoisotopic (exact) mass is 388 g/mol. The van der Waals surface area contributed by atoms with Crippen molar-refractivity contribution in [1.82, 2.24) is 5.32 Å². The molecule has 0 unspecified atom stereocenters. The Morgan fingerprint density at radius 3 is 2.64 bits per heavy atom. The van der Waals surface area contributed by atoms with E-state index in [2.05, 4.69) is 10.3 Å². The molecule has 4 N–H and O–H groups in total. The molecular weight excluding hydrogens is 370 g/mol. The molecule has 0 bridgehead atoms. The molecule has 0 saturated carbocycles. The number of thioether (sulfide) groups is 1. The van der Waals surface area contributed by atoms with E-state index in [1.54, 1.807) is 0 Å². The number of H-pyrrole nitrogens is 1. The maximum absolute atomic E-state index is 12.4. The molecule has 0 radical (unpaired) electrons. The Bertz CT molecular complexity index is 1120. The average Bonchev–Trinajstić information content (AvgIpc) is 2.71. The van der Waals surface area contributed by atoms with Crippen molar-refractivity contribution in [3.63, 3.8) is 0 Å². The fourth-order valence-electron chi connectivity index (χ4n) is 2.96. The van der Waals surface area contributed by atoms with Crippen LogP contribution in [0.2, 0.25) is 0 Å². The second-order valence-electron chi connectivity index (χ2n) is 6.21. The zero-order valence-corrected chi connectivity index (χ0v) is 16.0. The summed E-state index contributed by atoms with van der Waals surface area (Å²) in [6, 6.07) is 19.3. The zero-order chi connectivity index (χ0) is 20.1. The van der Waals surface area contributed by atoms with Gasteiger partial charge in [-0.25, -0.2) is 4.98 Å². The van der Waals surface area contributed by atoms with Crippen LogP contribution in [0.3, 0.4) is 0 Å². The second kappa shape index (κ2) is 8.43. The van der Waals surface area contributed by atoms with Gasteiger partial charge in [-0.15, -0.1) is 0 Å². The van der Waals surface area contributed by atoms with Gasteiger partial charge in [-0.1, -0.05) is 54.2 Å². The number of fused-ring (bicyclic) bond motifs is 1. The highest BCUT2D eigenvalue weighted by molar-refractivity contribution is 7.99. The highest BCUT2D eigenvalue weighted by Gasteiger charge is 2.17. The van der Waals surface area contributed by atoms with Gasteiger partial charge in [-0.2, -0.15) is 10.5 Å². The molecule has 0 spiro atoms. The average molecular weight is 388 g/mol. The van der Waals surface area contributed by atoms with Crippen molar-refractivity contribution in [1.29, 1.82) is 10.5 Å². The lowest BCUT2D eigenvalue weighted by molar-refractivity contribution is -0.410. The third-order valence-corrected chi connectivity index (χ3v) is 5.34. The number of nitrogen functional groups attached to an aromatic ring is 1. The molecule has 28 heavy (non-hydrogen) atoms. The number of nitrogens with two attached hydrogens (primary N) is 1. The molecule has 7 heteroatoms. The first-order valence-corrected chi connectivity index (χ1v) is 9.58. The number of pyridine rings is 1. The predicted octanol–water partition coefficient (Wildman–Crippen LogP) is 2.95. The Morgan fingerprint density at radius 2 is 1.89 bits per heavy atom. The van der Waals surface area contributed by atoms with Crippen molar-refractivity contribution in [2.45, 2.75) is 18.0 Å². The summed E-state index contributed by atoms with van der Waals surface area (Å²) in [6.07, 6.45) is 0. The van der Waals surface area contributed by atoms with Crippen LogP contribution in [-0.2, 0) is 4.79 Å². The molecule has 1 atom stereocenters. The molecule has 3 aromatic rings. The summed E-state index contributed by atoms with van der Waals surface area (Å²) in [5.41, 5.74) is 7.30. The van der Waals surface area contributed by atoms with E-state index < -0.39 is 0 Å². The van der Waals surface area contributed by atoms with E-state index in [4.69, 9.17) is 11.0 Å². The summed E-state index contributed by atoms with van der Waals surface area (Å²) in [5, 5.41) is 23.9. The van der Waals surface area contributed by atoms with Gasteiger partial charge in [0.05, 0.1) is 11.8 Å². The van der Waals surface area contributed by atoms with Gasteiger partial charge >= 0.3 is 0 Å². The molecule has 0 aliphatic carbocycles. The van der Waals surface area contributed by atoms with Crippen molar-refractivity contribution < 1.29 is 9.78 Å². The first-order chi connectivity index (χ1) is 13.5. The first-order valence-electron chi connectivity index (χ1n) is 8.59. The van der Waals surface area contributed by atoms with E-state index in [1.165, 1.54) is 17.8 Å². The lowest BCUT2D eigenvalue weighted by atomic mass is 10.00. The SMILES string of the molecule is C[C@H](NC(=O)CSc1[nH+]c(N)c(C#N)cc1C#N)c1cccc2ccccc12. The predicted molar refractivity (Wildman–Crippen MR) is 108 cm³/mol. The van der Waals surface area contributed by atoms with E-state index in [0.29, 0.717) is 5.03 Å². The van der Waals surface area contributed by atoms with Crippen LogP contribution in [0.4, 0.5) is 5.82 Å². The summed E-state index contributed by atoms with van der Waals surface area (Å²) in [7, 11) is 0. The molecule has 1 heterocycles. The number of amides is 1. The number of hydrogen-bond acceptors (Lipinski definition) is 5. The van der Waals surface area contributed by atoms with Crippen molar-refractivity contribution in [2.75, 3.05) is 11.5 Å². The summed E-state index contributed by atoms with van der Waals surface area (Å²) < 4.78 is 0. The van der Waals surface area contributed by atoms with Crippen LogP contribution in [0, 0.1) is 22.7 Å². The van der Waals surface area contributed by atoms with Gasteiger partial charge in [-0.3, -0.25) is 10.5 Å². The molecule has 3 rings (SSSR count). The Morgan fingerprint density at radius 1 is 1.18 bits per heavy atom. The Balaban J connectivity index is 1.70. The largest absolute Gasteiger partial charge is 0.349 e. The van der Waals surface area contributed by atoms with E-state index in [1.807, 2.05) is 61.5 Å². The minimum absolute atomic E-state index is 0.117. The quantitative estimate of drug-likeness (QED) is 0.652. The molecule has 138 valence electrons. The molecule has 0 aliphatic heterocycles. The summed E-state index contributed by atoms with van der Waals surface area (Å²) >= 11 is 1.17. The molecule has 2 aromatic carbocycles. The molecule has 1 amide bonds. The topological polar surface area (TPSA) is 117 Å². The third kappa shape index (κ3) is 4.06. The maximum Gasteiger partial charge on any atom is 0.289 e. The van der Waals surface area contributed by atoms with Crippen molar-refractivity contribution in [3.8, 4) is 12.1 Å². The molecule has 6 nitrogen and oxygen atoms in total. The highest BCUT2D eigenvalue weighted by atomic mass is 32.2. The van der Waals surface area contributed by atoms with Crippen LogP contribution in [0.1, 0.15) is 29.7 Å². The van der Waals surface area contributed by atoms with Crippen LogP contribution in [0.15, 0.2) is 53.6 Å². The van der Waals surface area contributed by atoms with Crippen molar-refractivity contribution in [3.05, 3.63) is 65.2 Å². The normalized spacial score (nSPS) is 11.4. The van der Waals surface area contributed by atoms with Crippen molar-refractivity contribution >= 4 is 34.3 Å². The number of rotatable bonds is 5. The van der Waals surface area contributed by atoms with Crippen LogP contribution < -0.4 is 16.0 Å².